The van der Waals surface area contributed by atoms with Gasteiger partial charge in [-0.3, -0.25) is 9.69 Å². The fourth-order valence-corrected chi connectivity index (χ4v) is 4.13. The van der Waals surface area contributed by atoms with Gasteiger partial charge in [0, 0.05) is 26.2 Å². The van der Waals surface area contributed by atoms with E-state index >= 15 is 0 Å². The molecule has 0 unspecified atom stereocenters. The van der Waals surface area contributed by atoms with E-state index in [9.17, 15) is 13.2 Å². The molecule has 3 heterocycles. The smallest absolute Gasteiger partial charge is 0.276 e. The van der Waals surface area contributed by atoms with Crippen LogP contribution in [0.3, 0.4) is 0 Å². The first-order valence-electron chi connectivity index (χ1n) is 7.13. The van der Waals surface area contributed by atoms with Crippen LogP contribution in [0.5, 0.6) is 0 Å². The molecule has 21 heavy (non-hydrogen) atoms. The normalized spacial score (nSPS) is 21.6. The number of sulfonamides is 1. The van der Waals surface area contributed by atoms with Crippen LogP contribution in [0.15, 0.2) is 21.6 Å². The van der Waals surface area contributed by atoms with Crippen molar-refractivity contribution in [2.75, 3.05) is 32.7 Å². The van der Waals surface area contributed by atoms with E-state index in [-0.39, 0.29) is 11.0 Å². The number of nitrogens with zero attached hydrogens (tertiary/aromatic N) is 2. The van der Waals surface area contributed by atoms with Gasteiger partial charge in [0.2, 0.25) is 11.0 Å². The Morgan fingerprint density at radius 3 is 2.67 bits per heavy atom. The van der Waals surface area contributed by atoms with Crippen molar-refractivity contribution in [1.29, 1.82) is 0 Å². The van der Waals surface area contributed by atoms with Gasteiger partial charge in [0.1, 0.15) is 5.76 Å². The first-order chi connectivity index (χ1) is 10.1. The summed E-state index contributed by atoms with van der Waals surface area (Å²) in [4.78, 5) is 13.3. The van der Waals surface area contributed by atoms with E-state index in [1.54, 1.807) is 6.07 Å². The number of furan rings is 1. The zero-order valence-electron chi connectivity index (χ0n) is 11.7. The van der Waals surface area contributed by atoms with Gasteiger partial charge in [-0.2, -0.15) is 4.31 Å². The summed E-state index contributed by atoms with van der Waals surface area (Å²) >= 11 is 0. The molecule has 3 rings (SSSR count). The lowest BCUT2D eigenvalue weighted by Crippen LogP contribution is -2.47. The van der Waals surface area contributed by atoms with Crippen molar-refractivity contribution in [2.45, 2.75) is 24.5 Å². The van der Waals surface area contributed by atoms with Crippen LogP contribution in [0.4, 0.5) is 0 Å². The third-order valence-corrected chi connectivity index (χ3v) is 5.57. The summed E-state index contributed by atoms with van der Waals surface area (Å²) in [6, 6.07) is 3.18. The van der Waals surface area contributed by atoms with Crippen molar-refractivity contribution in [2.24, 2.45) is 0 Å². The fraction of sp³-hybridized carbons (Fsp3) is 0.615. The number of amides is 1. The predicted octanol–water partition coefficient (Wildman–Crippen LogP) is -0.00410. The third-order valence-electron chi connectivity index (χ3n) is 3.79. The maximum Gasteiger partial charge on any atom is 0.276 e. The number of carbonyl (C=O) groups is 1. The first kappa shape index (κ1) is 14.6. The van der Waals surface area contributed by atoms with Crippen LogP contribution in [-0.2, 0) is 21.4 Å². The molecule has 0 atom stereocenters. The molecule has 0 saturated carbocycles. The van der Waals surface area contributed by atoms with Crippen molar-refractivity contribution >= 4 is 15.9 Å². The average molecular weight is 313 g/mol. The summed E-state index contributed by atoms with van der Waals surface area (Å²) in [5, 5.41) is 2.75. The Morgan fingerprint density at radius 1 is 1.19 bits per heavy atom. The van der Waals surface area contributed by atoms with Gasteiger partial charge >= 0.3 is 0 Å². The van der Waals surface area contributed by atoms with Crippen LogP contribution in [0.1, 0.15) is 18.6 Å². The second kappa shape index (κ2) is 5.78. The summed E-state index contributed by atoms with van der Waals surface area (Å²) in [6.07, 6.45) is 1.80. The topological polar surface area (TPSA) is 82.9 Å². The molecule has 1 N–H and O–H groups in total. The van der Waals surface area contributed by atoms with Crippen LogP contribution in [0.2, 0.25) is 0 Å². The molecule has 0 spiro atoms. The Labute approximate surface area is 123 Å². The van der Waals surface area contributed by atoms with Gasteiger partial charge in [0.25, 0.3) is 10.0 Å². The molecule has 7 nitrogen and oxygen atoms in total. The van der Waals surface area contributed by atoms with Gasteiger partial charge in [-0.05, 0) is 25.0 Å². The van der Waals surface area contributed by atoms with E-state index in [2.05, 4.69) is 5.32 Å². The first-order valence-corrected chi connectivity index (χ1v) is 8.57. The van der Waals surface area contributed by atoms with Crippen molar-refractivity contribution in [1.82, 2.24) is 14.5 Å². The molecule has 116 valence electrons. The summed E-state index contributed by atoms with van der Waals surface area (Å²) in [5.41, 5.74) is 0. The van der Waals surface area contributed by atoms with Crippen molar-refractivity contribution in [3.05, 3.63) is 17.9 Å². The van der Waals surface area contributed by atoms with Crippen LogP contribution in [0.25, 0.3) is 0 Å². The predicted molar refractivity (Wildman–Crippen MR) is 75.0 cm³/mol. The minimum absolute atomic E-state index is 0.000797. The van der Waals surface area contributed by atoms with E-state index in [4.69, 9.17) is 4.42 Å². The van der Waals surface area contributed by atoms with Gasteiger partial charge in [0.15, 0.2) is 0 Å². The highest BCUT2D eigenvalue weighted by atomic mass is 32.2. The average Bonchev–Trinajstić information content (AvgIpc) is 3.10. The van der Waals surface area contributed by atoms with Crippen LogP contribution in [0, 0.1) is 0 Å². The van der Waals surface area contributed by atoms with Crippen LogP contribution in [-0.4, -0.2) is 56.3 Å². The Hall–Kier alpha value is -1.38. The summed E-state index contributed by atoms with van der Waals surface area (Å²) in [6.45, 7) is 3.23. The number of piperazine rings is 1. The number of nitrogens with one attached hydrogen (secondary N) is 1. The second-order valence-electron chi connectivity index (χ2n) is 5.39. The third kappa shape index (κ3) is 3.12. The van der Waals surface area contributed by atoms with Crippen molar-refractivity contribution < 1.29 is 17.6 Å². The summed E-state index contributed by atoms with van der Waals surface area (Å²) < 4.78 is 31.7. The van der Waals surface area contributed by atoms with Crippen LogP contribution >= 0.6 is 0 Å². The minimum atomic E-state index is -3.50. The zero-order valence-corrected chi connectivity index (χ0v) is 12.6. The van der Waals surface area contributed by atoms with Crippen LogP contribution < -0.4 is 5.32 Å². The molecule has 2 saturated heterocycles. The Kier molecular flexibility index (Phi) is 4.01. The SMILES string of the molecule is O=C1CN(Cc2ccc(S(=O)(=O)N3CCCC3)o2)CCN1. The maximum absolute atomic E-state index is 12.3. The molecule has 2 aliphatic rings. The van der Waals surface area contributed by atoms with Gasteiger partial charge < -0.3 is 9.73 Å². The molecule has 2 aliphatic heterocycles. The standard InChI is InChI=1S/C13H19N3O4S/c17-12-10-15(8-5-14-12)9-11-3-4-13(20-11)21(18,19)16-6-1-2-7-16/h3-4H,1-2,5-10H2,(H,14,17). The lowest BCUT2D eigenvalue weighted by atomic mass is 10.3. The van der Waals surface area contributed by atoms with Crippen molar-refractivity contribution in [3.8, 4) is 0 Å². The Bertz CT molecular complexity index is 619. The highest BCUT2D eigenvalue weighted by molar-refractivity contribution is 7.89. The lowest BCUT2D eigenvalue weighted by Gasteiger charge is -2.25. The van der Waals surface area contributed by atoms with Crippen molar-refractivity contribution in [3.63, 3.8) is 0 Å². The quantitative estimate of drug-likeness (QED) is 0.846. The molecular weight excluding hydrogens is 294 g/mol. The highest BCUT2D eigenvalue weighted by Gasteiger charge is 2.30. The number of carbonyl (C=O) groups excluding carboxylic acids is 1. The largest absolute Gasteiger partial charge is 0.447 e. The molecule has 2 fully saturated rings. The molecule has 0 aromatic carbocycles. The molecule has 0 aliphatic carbocycles. The molecule has 1 aromatic heterocycles. The zero-order chi connectivity index (χ0) is 14.9. The lowest BCUT2D eigenvalue weighted by molar-refractivity contribution is -0.124. The van der Waals surface area contributed by atoms with Gasteiger partial charge in [-0.15, -0.1) is 0 Å². The number of hydrogen-bond acceptors (Lipinski definition) is 5. The molecule has 0 bridgehead atoms. The van der Waals surface area contributed by atoms with E-state index in [0.717, 1.165) is 19.4 Å². The Morgan fingerprint density at radius 2 is 1.95 bits per heavy atom. The highest BCUT2D eigenvalue weighted by Crippen LogP contribution is 2.23. The molecule has 8 heteroatoms. The van der Waals surface area contributed by atoms with Gasteiger partial charge in [0.05, 0.1) is 13.1 Å². The molecule has 0 radical (unpaired) electrons. The van der Waals surface area contributed by atoms with E-state index in [1.807, 2.05) is 4.90 Å². The molecule has 1 amide bonds. The monoisotopic (exact) mass is 313 g/mol. The Balaban J connectivity index is 1.69. The molecule has 1 aromatic rings. The number of hydrogen-bond donors (Lipinski definition) is 1. The van der Waals surface area contributed by atoms with E-state index < -0.39 is 10.0 Å². The summed E-state index contributed by atoms with van der Waals surface area (Å²) in [5.74, 6) is 0.556. The van der Waals surface area contributed by atoms with Gasteiger partial charge in [-0.25, -0.2) is 8.42 Å². The molecular formula is C13H19N3O4S. The van der Waals surface area contributed by atoms with Gasteiger partial charge in [-0.1, -0.05) is 0 Å². The fourth-order valence-electron chi connectivity index (χ4n) is 2.68. The maximum atomic E-state index is 12.3. The van der Waals surface area contributed by atoms with E-state index in [0.29, 0.717) is 38.5 Å². The van der Waals surface area contributed by atoms with E-state index in [1.165, 1.54) is 10.4 Å². The number of rotatable bonds is 4. The summed E-state index contributed by atoms with van der Waals surface area (Å²) in [7, 11) is -3.50. The second-order valence-corrected chi connectivity index (χ2v) is 7.26. The minimum Gasteiger partial charge on any atom is -0.447 e.